The third kappa shape index (κ3) is 3.63. The molecular weight excluding hydrogens is 230 g/mol. The van der Waals surface area contributed by atoms with Crippen LogP contribution in [0.5, 0.6) is 0 Å². The number of hydrogen-bond acceptors (Lipinski definition) is 2. The zero-order valence-corrected chi connectivity index (χ0v) is 9.46. The smallest absolute Gasteiger partial charge is 0.0477 e. The summed E-state index contributed by atoms with van der Waals surface area (Å²) in [5.74, 6) is 0.453. The van der Waals surface area contributed by atoms with Gasteiger partial charge in [0, 0.05) is 24.2 Å². The van der Waals surface area contributed by atoms with E-state index in [2.05, 4.69) is 34.2 Å². The minimum absolute atomic E-state index is 0.206. The number of rotatable bonds is 4. The first-order valence-corrected chi connectivity index (χ1v) is 5.31. The molecule has 1 aliphatic carbocycles. The van der Waals surface area contributed by atoms with Gasteiger partial charge in [-0.15, -0.1) is 0 Å². The Morgan fingerprint density at radius 3 is 3.15 bits per heavy atom. The first kappa shape index (κ1) is 11.0. The summed E-state index contributed by atoms with van der Waals surface area (Å²) in [5.41, 5.74) is 6.02. The van der Waals surface area contributed by atoms with Crippen LogP contribution >= 0.6 is 15.9 Å². The third-order valence-electron chi connectivity index (χ3n) is 2.26. The maximum Gasteiger partial charge on any atom is 0.0477 e. The number of nitrogens with two attached hydrogens (primary N) is 1. The van der Waals surface area contributed by atoms with Crippen LogP contribution in [0.4, 0.5) is 0 Å². The van der Waals surface area contributed by atoms with Crippen LogP contribution < -0.4 is 5.73 Å². The average molecular weight is 246 g/mol. The van der Waals surface area contributed by atoms with Crippen molar-refractivity contribution < 1.29 is 4.74 Å². The topological polar surface area (TPSA) is 35.2 Å². The summed E-state index contributed by atoms with van der Waals surface area (Å²) >= 11 is 3.45. The summed E-state index contributed by atoms with van der Waals surface area (Å²) < 4.78 is 6.14. The van der Waals surface area contributed by atoms with Crippen molar-refractivity contribution in [1.82, 2.24) is 0 Å². The first-order valence-electron chi connectivity index (χ1n) is 4.52. The van der Waals surface area contributed by atoms with Crippen LogP contribution in [0.3, 0.4) is 0 Å². The van der Waals surface area contributed by atoms with Gasteiger partial charge in [-0.25, -0.2) is 0 Å². The Morgan fingerprint density at radius 1 is 1.77 bits per heavy atom. The Hall–Kier alpha value is -0.120. The van der Waals surface area contributed by atoms with Crippen molar-refractivity contribution in [2.45, 2.75) is 18.9 Å². The van der Waals surface area contributed by atoms with Gasteiger partial charge in [-0.05, 0) is 18.8 Å². The van der Waals surface area contributed by atoms with Crippen LogP contribution in [-0.4, -0.2) is 19.8 Å². The summed E-state index contributed by atoms with van der Waals surface area (Å²) in [4.78, 5) is 0. The van der Waals surface area contributed by atoms with Gasteiger partial charge in [0.2, 0.25) is 0 Å². The summed E-state index contributed by atoms with van der Waals surface area (Å²) in [6, 6.07) is 0.206. The number of allylic oxidation sites excluding steroid dienone is 3. The van der Waals surface area contributed by atoms with Gasteiger partial charge < -0.3 is 10.5 Å². The van der Waals surface area contributed by atoms with Crippen molar-refractivity contribution in [3.8, 4) is 0 Å². The maximum atomic E-state index is 6.02. The van der Waals surface area contributed by atoms with Gasteiger partial charge in [0.1, 0.15) is 0 Å². The van der Waals surface area contributed by atoms with Crippen LogP contribution in [0.25, 0.3) is 0 Å². The molecular formula is C10H16BrNO. The van der Waals surface area contributed by atoms with E-state index in [-0.39, 0.29) is 6.04 Å². The second-order valence-electron chi connectivity index (χ2n) is 3.30. The van der Waals surface area contributed by atoms with E-state index in [9.17, 15) is 0 Å². The zero-order chi connectivity index (χ0) is 9.68. The van der Waals surface area contributed by atoms with Gasteiger partial charge in [0.25, 0.3) is 0 Å². The van der Waals surface area contributed by atoms with Crippen LogP contribution in [-0.2, 0) is 4.74 Å². The van der Waals surface area contributed by atoms with Crippen molar-refractivity contribution in [3.63, 3.8) is 0 Å². The minimum atomic E-state index is 0.206. The highest BCUT2D eigenvalue weighted by atomic mass is 79.9. The zero-order valence-electron chi connectivity index (χ0n) is 7.87. The van der Waals surface area contributed by atoms with Crippen molar-refractivity contribution in [2.24, 2.45) is 11.7 Å². The maximum absolute atomic E-state index is 6.02. The standard InChI is InChI=1S/C10H16BrNO/c1-13-6-5-10(12)8-3-2-4-9(11)7-8/h2,4,7-8,10H,3,5-6,12H2,1H3/t8-,10?/m0/s1. The Bertz CT molecular complexity index is 213. The molecule has 0 aliphatic heterocycles. The molecule has 74 valence electrons. The van der Waals surface area contributed by atoms with Gasteiger partial charge >= 0.3 is 0 Å². The van der Waals surface area contributed by atoms with Crippen molar-refractivity contribution in [1.29, 1.82) is 0 Å². The molecule has 0 aromatic rings. The van der Waals surface area contributed by atoms with E-state index in [4.69, 9.17) is 10.5 Å². The Labute approximate surface area is 88.0 Å². The summed E-state index contributed by atoms with van der Waals surface area (Å²) in [6.45, 7) is 0.743. The predicted molar refractivity (Wildman–Crippen MR) is 58.7 cm³/mol. The van der Waals surface area contributed by atoms with Crippen LogP contribution in [0.15, 0.2) is 22.7 Å². The lowest BCUT2D eigenvalue weighted by molar-refractivity contribution is 0.182. The molecule has 0 aromatic heterocycles. The Balaban J connectivity index is 2.39. The molecule has 0 heterocycles. The van der Waals surface area contributed by atoms with Crippen LogP contribution in [0.1, 0.15) is 12.8 Å². The monoisotopic (exact) mass is 245 g/mol. The third-order valence-corrected chi connectivity index (χ3v) is 2.79. The number of halogens is 1. The molecule has 2 nitrogen and oxygen atoms in total. The number of ether oxygens (including phenoxy) is 1. The van der Waals surface area contributed by atoms with E-state index in [0.29, 0.717) is 5.92 Å². The Morgan fingerprint density at radius 2 is 2.54 bits per heavy atom. The normalized spacial score (nSPS) is 24.2. The highest BCUT2D eigenvalue weighted by molar-refractivity contribution is 9.11. The molecule has 0 radical (unpaired) electrons. The predicted octanol–water partition coefficient (Wildman–Crippen LogP) is 2.21. The molecule has 0 fully saturated rings. The summed E-state index contributed by atoms with van der Waals surface area (Å²) in [6.07, 6.45) is 8.37. The molecule has 3 heteroatoms. The van der Waals surface area contributed by atoms with E-state index in [0.717, 1.165) is 23.9 Å². The quantitative estimate of drug-likeness (QED) is 0.825. The first-order chi connectivity index (χ1) is 6.24. The van der Waals surface area contributed by atoms with E-state index >= 15 is 0 Å². The van der Waals surface area contributed by atoms with Crippen molar-refractivity contribution in [3.05, 3.63) is 22.7 Å². The van der Waals surface area contributed by atoms with E-state index in [1.165, 1.54) is 0 Å². The molecule has 0 amide bonds. The molecule has 2 atom stereocenters. The van der Waals surface area contributed by atoms with E-state index < -0.39 is 0 Å². The summed E-state index contributed by atoms with van der Waals surface area (Å²) in [5, 5.41) is 0. The molecule has 0 spiro atoms. The largest absolute Gasteiger partial charge is 0.385 e. The fraction of sp³-hybridized carbons (Fsp3) is 0.600. The molecule has 2 N–H and O–H groups in total. The second-order valence-corrected chi connectivity index (χ2v) is 4.21. The summed E-state index contributed by atoms with van der Waals surface area (Å²) in [7, 11) is 1.71. The highest BCUT2D eigenvalue weighted by Crippen LogP contribution is 2.23. The molecule has 0 aromatic carbocycles. The van der Waals surface area contributed by atoms with E-state index in [1.807, 2.05) is 0 Å². The molecule has 13 heavy (non-hydrogen) atoms. The highest BCUT2D eigenvalue weighted by Gasteiger charge is 2.16. The lowest BCUT2D eigenvalue weighted by Crippen LogP contribution is -2.30. The van der Waals surface area contributed by atoms with Crippen molar-refractivity contribution in [2.75, 3.05) is 13.7 Å². The van der Waals surface area contributed by atoms with Crippen molar-refractivity contribution >= 4 is 15.9 Å². The van der Waals surface area contributed by atoms with Gasteiger partial charge in [0.05, 0.1) is 0 Å². The minimum Gasteiger partial charge on any atom is -0.385 e. The molecule has 0 saturated carbocycles. The molecule has 1 unspecified atom stereocenters. The van der Waals surface area contributed by atoms with Gasteiger partial charge in [0.15, 0.2) is 0 Å². The lowest BCUT2D eigenvalue weighted by atomic mass is 9.91. The molecule has 0 saturated heterocycles. The number of hydrogen-bond donors (Lipinski definition) is 1. The average Bonchev–Trinajstić information content (AvgIpc) is 2.14. The van der Waals surface area contributed by atoms with Gasteiger partial charge in [-0.2, -0.15) is 0 Å². The fourth-order valence-electron chi connectivity index (χ4n) is 1.43. The lowest BCUT2D eigenvalue weighted by Gasteiger charge is -2.21. The van der Waals surface area contributed by atoms with E-state index in [1.54, 1.807) is 7.11 Å². The fourth-order valence-corrected chi connectivity index (χ4v) is 1.96. The SMILES string of the molecule is COCCC(N)[C@@H]1C=C(Br)C=CC1. The second kappa shape index (κ2) is 5.58. The van der Waals surface area contributed by atoms with Crippen LogP contribution in [0.2, 0.25) is 0 Å². The van der Waals surface area contributed by atoms with Gasteiger partial charge in [-0.1, -0.05) is 34.2 Å². The molecule has 1 aliphatic rings. The van der Waals surface area contributed by atoms with Crippen LogP contribution in [0, 0.1) is 5.92 Å². The molecule has 1 rings (SSSR count). The Kier molecular flexibility index (Phi) is 4.70. The number of methoxy groups -OCH3 is 1. The molecule has 0 bridgehead atoms. The van der Waals surface area contributed by atoms with Gasteiger partial charge in [-0.3, -0.25) is 0 Å².